The van der Waals surface area contributed by atoms with Crippen molar-refractivity contribution in [1.29, 1.82) is 0 Å². The standard InChI is InChI=1S/C12H14F5N3O/c13-9(14)7-20-6-8(5-18-20)19-10(21)11(12(15,16)17)3-1-2-4-11/h5-6,9H,1-4,7H2,(H,19,21). The molecule has 0 aliphatic heterocycles. The molecule has 0 bridgehead atoms. The quantitative estimate of drug-likeness (QED) is 0.868. The molecule has 0 aromatic carbocycles. The molecule has 1 fully saturated rings. The Balaban J connectivity index is 2.11. The van der Waals surface area contributed by atoms with Crippen LogP contribution in [0.2, 0.25) is 0 Å². The first kappa shape index (κ1) is 15.7. The first-order chi connectivity index (χ1) is 9.74. The van der Waals surface area contributed by atoms with Crippen LogP contribution in [0.3, 0.4) is 0 Å². The minimum absolute atomic E-state index is 0.0174. The topological polar surface area (TPSA) is 46.9 Å². The number of hydrogen-bond donors (Lipinski definition) is 1. The van der Waals surface area contributed by atoms with Crippen molar-refractivity contribution in [3.63, 3.8) is 0 Å². The summed E-state index contributed by atoms with van der Waals surface area (Å²) in [5, 5.41) is 5.70. The van der Waals surface area contributed by atoms with Crippen LogP contribution in [-0.4, -0.2) is 28.3 Å². The van der Waals surface area contributed by atoms with Gasteiger partial charge < -0.3 is 5.32 Å². The third-order valence-corrected chi connectivity index (χ3v) is 3.65. The van der Waals surface area contributed by atoms with Gasteiger partial charge in [0.1, 0.15) is 12.0 Å². The highest BCUT2D eigenvalue weighted by Gasteiger charge is 2.61. The molecule has 1 saturated carbocycles. The number of nitrogens with zero attached hydrogens (tertiary/aromatic N) is 2. The Bertz CT molecular complexity index is 505. The summed E-state index contributed by atoms with van der Waals surface area (Å²) in [5.74, 6) is -1.15. The van der Waals surface area contributed by atoms with E-state index in [1.54, 1.807) is 0 Å². The number of carbonyl (C=O) groups is 1. The van der Waals surface area contributed by atoms with Crippen LogP contribution in [0.25, 0.3) is 0 Å². The molecule has 21 heavy (non-hydrogen) atoms. The van der Waals surface area contributed by atoms with Crippen LogP contribution in [0.15, 0.2) is 12.4 Å². The van der Waals surface area contributed by atoms with E-state index < -0.39 is 30.5 Å². The summed E-state index contributed by atoms with van der Waals surface area (Å²) < 4.78 is 64.7. The van der Waals surface area contributed by atoms with Crippen molar-refractivity contribution in [2.75, 3.05) is 5.32 Å². The largest absolute Gasteiger partial charge is 0.403 e. The van der Waals surface area contributed by atoms with Crippen molar-refractivity contribution in [1.82, 2.24) is 9.78 Å². The molecule has 0 spiro atoms. The lowest BCUT2D eigenvalue weighted by atomic mass is 9.84. The van der Waals surface area contributed by atoms with E-state index >= 15 is 0 Å². The second kappa shape index (κ2) is 5.61. The average Bonchev–Trinajstić information content (AvgIpc) is 2.96. The SMILES string of the molecule is O=C(Nc1cnn(CC(F)F)c1)C1(C(F)(F)F)CCCC1. The Hall–Kier alpha value is -1.67. The fraction of sp³-hybridized carbons (Fsp3) is 0.667. The highest BCUT2D eigenvalue weighted by atomic mass is 19.4. The van der Waals surface area contributed by atoms with Crippen molar-refractivity contribution in [2.45, 2.75) is 44.8 Å². The zero-order valence-corrected chi connectivity index (χ0v) is 11.0. The second-order valence-corrected chi connectivity index (χ2v) is 5.08. The smallest absolute Gasteiger partial charge is 0.323 e. The lowest BCUT2D eigenvalue weighted by Gasteiger charge is -2.29. The van der Waals surface area contributed by atoms with E-state index in [-0.39, 0.29) is 18.5 Å². The number of alkyl halides is 5. The van der Waals surface area contributed by atoms with Gasteiger partial charge in [0, 0.05) is 6.20 Å². The van der Waals surface area contributed by atoms with Gasteiger partial charge in [-0.15, -0.1) is 0 Å². The fourth-order valence-electron chi connectivity index (χ4n) is 2.54. The monoisotopic (exact) mass is 311 g/mol. The van der Waals surface area contributed by atoms with Crippen LogP contribution in [0.4, 0.5) is 27.6 Å². The number of nitrogens with one attached hydrogen (secondary N) is 1. The predicted molar refractivity (Wildman–Crippen MR) is 63.8 cm³/mol. The molecule has 118 valence electrons. The van der Waals surface area contributed by atoms with Gasteiger partial charge in [-0.2, -0.15) is 18.3 Å². The molecular weight excluding hydrogens is 297 g/mol. The molecule has 1 aromatic heterocycles. The average molecular weight is 311 g/mol. The van der Waals surface area contributed by atoms with Gasteiger partial charge in [0.25, 0.3) is 6.43 Å². The van der Waals surface area contributed by atoms with Gasteiger partial charge in [-0.25, -0.2) is 8.78 Å². The van der Waals surface area contributed by atoms with E-state index in [2.05, 4.69) is 10.4 Å². The summed E-state index contributed by atoms with van der Waals surface area (Å²) in [4.78, 5) is 12.0. The fourth-order valence-corrected chi connectivity index (χ4v) is 2.54. The normalized spacial score (nSPS) is 18.2. The number of carbonyl (C=O) groups excluding carboxylic acids is 1. The first-order valence-electron chi connectivity index (χ1n) is 6.43. The molecule has 4 nitrogen and oxygen atoms in total. The Labute approximate surface area is 117 Å². The molecule has 1 aliphatic carbocycles. The van der Waals surface area contributed by atoms with Crippen molar-refractivity contribution in [3.05, 3.63) is 12.4 Å². The van der Waals surface area contributed by atoms with Gasteiger partial charge in [-0.1, -0.05) is 12.8 Å². The van der Waals surface area contributed by atoms with Gasteiger partial charge in [-0.05, 0) is 12.8 Å². The Kier molecular flexibility index (Phi) is 4.20. The van der Waals surface area contributed by atoms with Gasteiger partial charge in [-0.3, -0.25) is 9.48 Å². The van der Waals surface area contributed by atoms with Gasteiger partial charge >= 0.3 is 6.18 Å². The zero-order chi connectivity index (χ0) is 15.7. The van der Waals surface area contributed by atoms with Gasteiger partial charge in [0.15, 0.2) is 0 Å². The minimum atomic E-state index is -4.63. The first-order valence-corrected chi connectivity index (χ1v) is 6.43. The number of rotatable bonds is 4. The third-order valence-electron chi connectivity index (χ3n) is 3.65. The number of hydrogen-bond acceptors (Lipinski definition) is 2. The molecule has 1 aliphatic rings. The van der Waals surface area contributed by atoms with Crippen LogP contribution < -0.4 is 5.32 Å². The van der Waals surface area contributed by atoms with Crippen molar-refractivity contribution < 1.29 is 26.7 Å². The van der Waals surface area contributed by atoms with Gasteiger partial charge in [0.05, 0.1) is 11.9 Å². The molecule has 0 unspecified atom stereocenters. The number of anilines is 1. The Morgan fingerprint density at radius 1 is 1.38 bits per heavy atom. The molecule has 0 atom stereocenters. The lowest BCUT2D eigenvalue weighted by molar-refractivity contribution is -0.217. The Morgan fingerprint density at radius 3 is 2.52 bits per heavy atom. The highest BCUT2D eigenvalue weighted by molar-refractivity contribution is 5.95. The van der Waals surface area contributed by atoms with E-state index in [1.807, 2.05) is 0 Å². The highest BCUT2D eigenvalue weighted by Crippen LogP contribution is 2.51. The molecule has 9 heteroatoms. The molecule has 1 heterocycles. The van der Waals surface area contributed by atoms with E-state index in [1.165, 1.54) is 0 Å². The molecule has 1 aromatic rings. The summed E-state index contributed by atoms with van der Waals surface area (Å²) >= 11 is 0. The number of aromatic nitrogens is 2. The Morgan fingerprint density at radius 2 is 2.00 bits per heavy atom. The molecule has 1 amide bonds. The maximum Gasteiger partial charge on any atom is 0.403 e. The minimum Gasteiger partial charge on any atom is -0.323 e. The van der Waals surface area contributed by atoms with Crippen molar-refractivity contribution in [3.8, 4) is 0 Å². The summed E-state index contributed by atoms with van der Waals surface area (Å²) in [5.41, 5.74) is -2.41. The van der Waals surface area contributed by atoms with Crippen LogP contribution in [0.5, 0.6) is 0 Å². The molecule has 2 rings (SSSR count). The zero-order valence-electron chi connectivity index (χ0n) is 11.0. The lowest BCUT2D eigenvalue weighted by Crippen LogP contribution is -2.46. The van der Waals surface area contributed by atoms with E-state index in [9.17, 15) is 26.7 Å². The van der Waals surface area contributed by atoms with Crippen LogP contribution >= 0.6 is 0 Å². The van der Waals surface area contributed by atoms with Crippen LogP contribution in [-0.2, 0) is 11.3 Å². The van der Waals surface area contributed by atoms with Gasteiger partial charge in [0.2, 0.25) is 5.91 Å². The van der Waals surface area contributed by atoms with Crippen molar-refractivity contribution in [2.24, 2.45) is 5.41 Å². The van der Waals surface area contributed by atoms with E-state index in [0.29, 0.717) is 12.8 Å². The third kappa shape index (κ3) is 3.16. The van der Waals surface area contributed by atoms with E-state index in [0.717, 1.165) is 17.1 Å². The summed E-state index contributed by atoms with van der Waals surface area (Å²) in [6.07, 6.45) is -4.98. The molecule has 1 N–H and O–H groups in total. The van der Waals surface area contributed by atoms with Crippen LogP contribution in [0, 0.1) is 5.41 Å². The van der Waals surface area contributed by atoms with E-state index in [4.69, 9.17) is 0 Å². The summed E-state index contributed by atoms with van der Waals surface area (Å²) in [6.45, 7) is -0.680. The summed E-state index contributed by atoms with van der Waals surface area (Å²) in [7, 11) is 0. The number of halogens is 5. The van der Waals surface area contributed by atoms with Crippen LogP contribution in [0.1, 0.15) is 25.7 Å². The summed E-state index contributed by atoms with van der Waals surface area (Å²) in [6, 6.07) is 0. The maximum absolute atomic E-state index is 13.2. The molecule has 0 radical (unpaired) electrons. The number of amides is 1. The van der Waals surface area contributed by atoms with Crippen molar-refractivity contribution >= 4 is 11.6 Å². The molecular formula is C12H14F5N3O. The second-order valence-electron chi connectivity index (χ2n) is 5.08. The maximum atomic E-state index is 13.2. The molecule has 0 saturated heterocycles. The predicted octanol–water partition coefficient (Wildman–Crippen LogP) is 3.21.